The molecule has 0 unspecified atom stereocenters. The van der Waals surface area contributed by atoms with Crippen LogP contribution in [0.2, 0.25) is 5.02 Å². The Hall–Kier alpha value is -1.59. The molecular formula is C19H22Cl2N2O2. The number of rotatable bonds is 4. The molecule has 0 spiro atoms. The van der Waals surface area contributed by atoms with Crippen LogP contribution in [0.1, 0.15) is 18.4 Å². The van der Waals surface area contributed by atoms with Gasteiger partial charge in [0.2, 0.25) is 0 Å². The predicted molar refractivity (Wildman–Crippen MR) is 104 cm³/mol. The number of carbonyl (C=O) groups excluding carboxylic acids is 1. The Bertz CT molecular complexity index is 752. The van der Waals surface area contributed by atoms with Crippen molar-refractivity contribution in [3.63, 3.8) is 0 Å². The quantitative estimate of drug-likeness (QED) is 0.835. The van der Waals surface area contributed by atoms with E-state index >= 15 is 0 Å². The topological polar surface area (TPSA) is 64.4 Å². The second kappa shape index (κ2) is 8.68. The number of halogens is 2. The molecule has 2 atom stereocenters. The lowest BCUT2D eigenvalue weighted by atomic mass is 10.0. The summed E-state index contributed by atoms with van der Waals surface area (Å²) in [6.45, 7) is 2.43. The fourth-order valence-corrected chi connectivity index (χ4v) is 3.13. The molecule has 3 rings (SSSR count). The van der Waals surface area contributed by atoms with E-state index in [0.717, 1.165) is 28.8 Å². The van der Waals surface area contributed by atoms with Crippen LogP contribution in [0.4, 0.5) is 5.69 Å². The van der Waals surface area contributed by atoms with Crippen molar-refractivity contribution in [2.75, 3.05) is 11.9 Å². The number of aryl methyl sites for hydroxylation is 1. The average molecular weight is 381 g/mol. The molecule has 0 aliphatic carbocycles. The Balaban J connectivity index is 0.00000225. The van der Waals surface area contributed by atoms with Crippen molar-refractivity contribution in [1.82, 2.24) is 0 Å². The first-order valence-electron chi connectivity index (χ1n) is 8.10. The van der Waals surface area contributed by atoms with Crippen molar-refractivity contribution < 1.29 is 9.53 Å². The zero-order valence-electron chi connectivity index (χ0n) is 14.0. The summed E-state index contributed by atoms with van der Waals surface area (Å²) in [6, 6.07) is 13.6. The standard InChI is InChI=1S/C19H21ClN2O2.ClH/c1-12-9-14(13-3-2-4-15(20)10-13)5-7-17(12)22-19(23)18-8-6-16(11-21)24-18;/h2-5,7,9-10,16,18H,6,8,11,21H2,1H3,(H,22,23);1H/t16-,18+;/m1./s1. The first-order valence-corrected chi connectivity index (χ1v) is 8.47. The zero-order valence-corrected chi connectivity index (χ0v) is 15.6. The van der Waals surface area contributed by atoms with Gasteiger partial charge in [0.25, 0.3) is 5.91 Å². The molecule has 1 aliphatic rings. The van der Waals surface area contributed by atoms with Gasteiger partial charge in [-0.1, -0.05) is 29.8 Å². The van der Waals surface area contributed by atoms with Crippen LogP contribution in [0.3, 0.4) is 0 Å². The average Bonchev–Trinajstić information content (AvgIpc) is 3.06. The number of hydrogen-bond donors (Lipinski definition) is 2. The van der Waals surface area contributed by atoms with Gasteiger partial charge in [-0.2, -0.15) is 0 Å². The number of anilines is 1. The van der Waals surface area contributed by atoms with E-state index in [9.17, 15) is 4.79 Å². The van der Waals surface area contributed by atoms with E-state index in [4.69, 9.17) is 22.1 Å². The molecule has 2 aromatic rings. The van der Waals surface area contributed by atoms with Crippen molar-refractivity contribution >= 4 is 35.6 Å². The maximum absolute atomic E-state index is 12.3. The molecule has 6 heteroatoms. The summed E-state index contributed by atoms with van der Waals surface area (Å²) in [4.78, 5) is 12.3. The van der Waals surface area contributed by atoms with Crippen LogP contribution in [0.5, 0.6) is 0 Å². The summed E-state index contributed by atoms with van der Waals surface area (Å²) >= 11 is 6.05. The molecule has 1 heterocycles. The van der Waals surface area contributed by atoms with E-state index in [1.54, 1.807) is 0 Å². The van der Waals surface area contributed by atoms with Gasteiger partial charge in [0.15, 0.2) is 0 Å². The number of nitrogens with one attached hydrogen (secondary N) is 1. The highest BCUT2D eigenvalue weighted by Gasteiger charge is 2.30. The summed E-state index contributed by atoms with van der Waals surface area (Å²) in [5, 5.41) is 3.66. The maximum atomic E-state index is 12.3. The lowest BCUT2D eigenvalue weighted by Crippen LogP contribution is -2.30. The Kier molecular flexibility index (Phi) is 6.85. The molecule has 134 valence electrons. The molecule has 0 saturated carbocycles. The van der Waals surface area contributed by atoms with Gasteiger partial charge in [0.1, 0.15) is 6.10 Å². The third kappa shape index (κ3) is 4.73. The largest absolute Gasteiger partial charge is 0.364 e. The molecule has 0 bridgehead atoms. The van der Waals surface area contributed by atoms with Crippen LogP contribution in [-0.2, 0) is 9.53 Å². The third-order valence-corrected chi connectivity index (χ3v) is 4.54. The Morgan fingerprint density at radius 1 is 1.24 bits per heavy atom. The first kappa shape index (κ1) is 19.7. The number of nitrogens with two attached hydrogens (primary N) is 1. The number of ether oxygens (including phenoxy) is 1. The van der Waals surface area contributed by atoms with E-state index in [2.05, 4.69) is 5.32 Å². The minimum atomic E-state index is -0.412. The molecule has 4 nitrogen and oxygen atoms in total. The molecule has 2 aromatic carbocycles. The van der Waals surface area contributed by atoms with Crippen LogP contribution in [0.15, 0.2) is 42.5 Å². The monoisotopic (exact) mass is 380 g/mol. The van der Waals surface area contributed by atoms with Crippen molar-refractivity contribution in [2.24, 2.45) is 5.73 Å². The van der Waals surface area contributed by atoms with Gasteiger partial charge in [0.05, 0.1) is 6.10 Å². The molecule has 3 N–H and O–H groups in total. The number of amides is 1. The molecule has 0 radical (unpaired) electrons. The lowest BCUT2D eigenvalue weighted by molar-refractivity contribution is -0.126. The van der Waals surface area contributed by atoms with E-state index < -0.39 is 6.10 Å². The Labute approximate surface area is 159 Å². The molecule has 25 heavy (non-hydrogen) atoms. The van der Waals surface area contributed by atoms with Crippen molar-refractivity contribution in [1.29, 1.82) is 0 Å². The highest BCUT2D eigenvalue weighted by atomic mass is 35.5. The molecule has 1 aliphatic heterocycles. The second-order valence-corrected chi connectivity index (χ2v) is 6.53. The van der Waals surface area contributed by atoms with Crippen LogP contribution < -0.4 is 11.1 Å². The summed E-state index contributed by atoms with van der Waals surface area (Å²) in [5.41, 5.74) is 9.49. The van der Waals surface area contributed by atoms with Gasteiger partial charge < -0.3 is 15.8 Å². The van der Waals surface area contributed by atoms with Gasteiger partial charge in [-0.05, 0) is 60.7 Å². The highest BCUT2D eigenvalue weighted by molar-refractivity contribution is 6.30. The second-order valence-electron chi connectivity index (χ2n) is 6.09. The zero-order chi connectivity index (χ0) is 17.1. The fraction of sp³-hybridized carbons (Fsp3) is 0.316. The molecule has 1 amide bonds. The van der Waals surface area contributed by atoms with Gasteiger partial charge in [-0.3, -0.25) is 4.79 Å². The minimum absolute atomic E-state index is 0. The Morgan fingerprint density at radius 3 is 2.64 bits per heavy atom. The van der Waals surface area contributed by atoms with Crippen LogP contribution in [0.25, 0.3) is 11.1 Å². The summed E-state index contributed by atoms with van der Waals surface area (Å²) in [7, 11) is 0. The highest BCUT2D eigenvalue weighted by Crippen LogP contribution is 2.27. The van der Waals surface area contributed by atoms with Crippen LogP contribution in [-0.4, -0.2) is 24.7 Å². The number of hydrogen-bond acceptors (Lipinski definition) is 3. The van der Waals surface area contributed by atoms with Crippen molar-refractivity contribution in [3.8, 4) is 11.1 Å². The van der Waals surface area contributed by atoms with Gasteiger partial charge >= 0.3 is 0 Å². The summed E-state index contributed by atoms with van der Waals surface area (Å²) in [5.74, 6) is -0.107. The first-order chi connectivity index (χ1) is 11.6. The predicted octanol–water partition coefficient (Wildman–Crippen LogP) is 4.18. The van der Waals surface area contributed by atoms with E-state index in [1.165, 1.54) is 0 Å². The van der Waals surface area contributed by atoms with Gasteiger partial charge in [0, 0.05) is 17.3 Å². The Morgan fingerprint density at radius 2 is 2.00 bits per heavy atom. The van der Waals surface area contributed by atoms with Gasteiger partial charge in [-0.15, -0.1) is 12.4 Å². The van der Waals surface area contributed by atoms with Crippen LogP contribution in [0, 0.1) is 6.92 Å². The lowest BCUT2D eigenvalue weighted by Gasteiger charge is -2.15. The summed E-state index contributed by atoms with van der Waals surface area (Å²) < 4.78 is 5.64. The number of carbonyl (C=O) groups is 1. The normalized spacial score (nSPS) is 19.3. The van der Waals surface area contributed by atoms with E-state index in [0.29, 0.717) is 18.0 Å². The molecular weight excluding hydrogens is 359 g/mol. The van der Waals surface area contributed by atoms with Crippen molar-refractivity contribution in [2.45, 2.75) is 32.0 Å². The third-order valence-electron chi connectivity index (χ3n) is 4.31. The molecule has 0 aromatic heterocycles. The number of benzene rings is 2. The fourth-order valence-electron chi connectivity index (χ4n) is 2.94. The SMILES string of the molecule is Cc1cc(-c2cccc(Cl)c2)ccc1NC(=O)[C@@H]1CC[C@H](CN)O1.Cl. The molecule has 1 fully saturated rings. The molecule has 1 saturated heterocycles. The summed E-state index contributed by atoms with van der Waals surface area (Å²) in [6.07, 6.45) is 1.13. The van der Waals surface area contributed by atoms with E-state index in [1.807, 2.05) is 49.4 Å². The smallest absolute Gasteiger partial charge is 0.253 e. The minimum Gasteiger partial charge on any atom is -0.364 e. The van der Waals surface area contributed by atoms with E-state index in [-0.39, 0.29) is 24.4 Å². The van der Waals surface area contributed by atoms with Gasteiger partial charge in [-0.25, -0.2) is 0 Å². The van der Waals surface area contributed by atoms with Crippen LogP contribution >= 0.6 is 24.0 Å². The van der Waals surface area contributed by atoms with Crippen molar-refractivity contribution in [3.05, 3.63) is 53.1 Å². The maximum Gasteiger partial charge on any atom is 0.253 e.